The fraction of sp³-hybridized carbons (Fsp3) is 0.182. The Balaban J connectivity index is 2.29. The van der Waals surface area contributed by atoms with Gasteiger partial charge < -0.3 is 15.6 Å². The highest BCUT2D eigenvalue weighted by Crippen LogP contribution is 2.29. The highest BCUT2D eigenvalue weighted by Gasteiger charge is 2.10. The lowest BCUT2D eigenvalue weighted by Gasteiger charge is -2.03. The Morgan fingerprint density at radius 1 is 1.44 bits per heavy atom. The van der Waals surface area contributed by atoms with Gasteiger partial charge >= 0.3 is 0 Å². The van der Waals surface area contributed by atoms with E-state index in [1.54, 1.807) is 6.20 Å². The van der Waals surface area contributed by atoms with Crippen molar-refractivity contribution in [3.63, 3.8) is 0 Å². The van der Waals surface area contributed by atoms with Crippen molar-refractivity contribution < 1.29 is 4.52 Å². The molecule has 84 valence electrons. The first-order valence-corrected chi connectivity index (χ1v) is 5.33. The monoisotopic (exact) mass is 237 g/mol. The molecule has 1 heterocycles. The Labute approximate surface area is 98.4 Å². The predicted molar refractivity (Wildman–Crippen MR) is 64.5 cm³/mol. The Morgan fingerprint density at radius 3 is 3.06 bits per heavy atom. The van der Waals surface area contributed by atoms with E-state index in [0.29, 0.717) is 23.9 Å². The number of nitrogens with two attached hydrogens (primary N) is 1. The largest absolute Gasteiger partial charge is 0.379 e. The van der Waals surface area contributed by atoms with E-state index in [9.17, 15) is 0 Å². The van der Waals surface area contributed by atoms with Crippen molar-refractivity contribution in [3.05, 3.63) is 35.5 Å². The highest BCUT2D eigenvalue weighted by molar-refractivity contribution is 6.30. The molecule has 1 aromatic carbocycles. The van der Waals surface area contributed by atoms with Gasteiger partial charge in [-0.15, -0.1) is 0 Å². The molecule has 0 aliphatic heterocycles. The summed E-state index contributed by atoms with van der Waals surface area (Å²) in [5.41, 5.74) is 7.14. The van der Waals surface area contributed by atoms with Gasteiger partial charge in [-0.05, 0) is 12.1 Å². The van der Waals surface area contributed by atoms with Crippen molar-refractivity contribution in [1.82, 2.24) is 5.16 Å². The van der Waals surface area contributed by atoms with Gasteiger partial charge in [0.15, 0.2) is 5.76 Å². The van der Waals surface area contributed by atoms with Crippen molar-refractivity contribution in [3.8, 4) is 11.3 Å². The van der Waals surface area contributed by atoms with Crippen LogP contribution in [0.4, 0.5) is 5.69 Å². The van der Waals surface area contributed by atoms with Crippen LogP contribution in [0.25, 0.3) is 11.3 Å². The molecule has 4 nitrogen and oxygen atoms in total. The van der Waals surface area contributed by atoms with Crippen LogP contribution in [0, 0.1) is 0 Å². The summed E-state index contributed by atoms with van der Waals surface area (Å²) >= 11 is 5.92. The van der Waals surface area contributed by atoms with E-state index in [-0.39, 0.29) is 0 Å². The first kappa shape index (κ1) is 11.0. The van der Waals surface area contributed by atoms with Gasteiger partial charge in [-0.25, -0.2) is 0 Å². The molecule has 2 aromatic rings. The van der Waals surface area contributed by atoms with Crippen LogP contribution in [0.5, 0.6) is 0 Å². The van der Waals surface area contributed by atoms with Crippen LogP contribution in [0.15, 0.2) is 35.0 Å². The molecule has 5 heteroatoms. The van der Waals surface area contributed by atoms with Crippen LogP contribution in [0.1, 0.15) is 0 Å². The molecule has 3 N–H and O–H groups in total. The molecular weight excluding hydrogens is 226 g/mol. The number of benzene rings is 1. The van der Waals surface area contributed by atoms with Gasteiger partial charge in [-0.2, -0.15) is 0 Å². The minimum atomic E-state index is 0.556. The van der Waals surface area contributed by atoms with Crippen molar-refractivity contribution in [2.75, 3.05) is 18.4 Å². The van der Waals surface area contributed by atoms with Crippen LogP contribution >= 0.6 is 11.6 Å². The van der Waals surface area contributed by atoms with Gasteiger partial charge in [0.05, 0.1) is 6.20 Å². The number of rotatable bonds is 4. The molecule has 0 amide bonds. The van der Waals surface area contributed by atoms with E-state index in [0.717, 1.165) is 11.3 Å². The zero-order valence-electron chi connectivity index (χ0n) is 8.61. The second kappa shape index (κ2) is 5.01. The van der Waals surface area contributed by atoms with E-state index >= 15 is 0 Å². The van der Waals surface area contributed by atoms with Crippen LogP contribution in [0.3, 0.4) is 0 Å². The zero-order valence-corrected chi connectivity index (χ0v) is 9.37. The first-order valence-electron chi connectivity index (χ1n) is 4.96. The maximum atomic E-state index is 5.92. The van der Waals surface area contributed by atoms with Gasteiger partial charge in [0.25, 0.3) is 0 Å². The average molecular weight is 238 g/mol. The Hall–Kier alpha value is -1.52. The fourth-order valence-corrected chi connectivity index (χ4v) is 1.60. The fourth-order valence-electron chi connectivity index (χ4n) is 1.41. The van der Waals surface area contributed by atoms with E-state index < -0.39 is 0 Å². The minimum absolute atomic E-state index is 0.556. The minimum Gasteiger partial charge on any atom is -0.379 e. The van der Waals surface area contributed by atoms with Crippen LogP contribution in [-0.4, -0.2) is 18.2 Å². The lowest BCUT2D eigenvalue weighted by molar-refractivity contribution is 0.432. The Bertz CT molecular complexity index is 470. The molecule has 0 saturated heterocycles. The maximum absolute atomic E-state index is 5.92. The Morgan fingerprint density at radius 2 is 2.31 bits per heavy atom. The van der Waals surface area contributed by atoms with Gasteiger partial charge in [0.2, 0.25) is 0 Å². The summed E-state index contributed by atoms with van der Waals surface area (Å²) in [6.45, 7) is 1.23. The third kappa shape index (κ3) is 2.35. The van der Waals surface area contributed by atoms with Gasteiger partial charge in [-0.1, -0.05) is 28.9 Å². The third-order valence-electron chi connectivity index (χ3n) is 2.12. The second-order valence-electron chi connectivity index (χ2n) is 3.29. The van der Waals surface area contributed by atoms with E-state index in [2.05, 4.69) is 10.5 Å². The Kier molecular flexibility index (Phi) is 3.44. The van der Waals surface area contributed by atoms with Crippen LogP contribution in [-0.2, 0) is 0 Å². The summed E-state index contributed by atoms with van der Waals surface area (Å²) in [7, 11) is 0. The molecule has 16 heavy (non-hydrogen) atoms. The lowest BCUT2D eigenvalue weighted by Crippen LogP contribution is -2.12. The normalized spacial score (nSPS) is 10.4. The van der Waals surface area contributed by atoms with Crippen LogP contribution < -0.4 is 11.1 Å². The summed E-state index contributed by atoms with van der Waals surface area (Å²) in [6, 6.07) is 7.43. The number of nitrogens with one attached hydrogen (secondary N) is 1. The summed E-state index contributed by atoms with van der Waals surface area (Å²) in [4.78, 5) is 0. The number of halogens is 1. The molecule has 0 bridgehead atoms. The van der Waals surface area contributed by atoms with Crippen molar-refractivity contribution >= 4 is 17.3 Å². The molecular formula is C11H12ClN3O. The molecule has 0 radical (unpaired) electrons. The van der Waals surface area contributed by atoms with Gasteiger partial charge in [0.1, 0.15) is 5.69 Å². The predicted octanol–water partition coefficient (Wildman–Crippen LogP) is 2.37. The number of nitrogens with zero attached hydrogens (tertiary/aromatic N) is 1. The lowest BCUT2D eigenvalue weighted by atomic mass is 10.1. The van der Waals surface area contributed by atoms with Gasteiger partial charge in [-0.3, -0.25) is 0 Å². The first-order chi connectivity index (χ1) is 7.81. The van der Waals surface area contributed by atoms with Crippen molar-refractivity contribution in [2.24, 2.45) is 5.73 Å². The molecule has 0 aliphatic rings. The smallest absolute Gasteiger partial charge is 0.189 e. The number of hydrogen-bond acceptors (Lipinski definition) is 4. The standard InChI is InChI=1S/C11H12ClN3O/c12-9-3-1-2-8(6-9)11-10(7-15-16-11)14-5-4-13/h1-3,6-7,14H,4-5,13H2. The summed E-state index contributed by atoms with van der Waals surface area (Å²) in [6.07, 6.45) is 1.63. The molecule has 2 rings (SSSR count). The molecule has 0 atom stereocenters. The average Bonchev–Trinajstić information content (AvgIpc) is 2.74. The van der Waals surface area contributed by atoms with Crippen molar-refractivity contribution in [2.45, 2.75) is 0 Å². The number of anilines is 1. The quantitative estimate of drug-likeness (QED) is 0.857. The van der Waals surface area contributed by atoms with E-state index in [1.807, 2.05) is 24.3 Å². The molecule has 0 unspecified atom stereocenters. The number of aromatic nitrogens is 1. The molecule has 0 saturated carbocycles. The van der Waals surface area contributed by atoms with E-state index in [4.69, 9.17) is 21.9 Å². The van der Waals surface area contributed by atoms with Gasteiger partial charge in [0, 0.05) is 23.7 Å². The summed E-state index contributed by atoms with van der Waals surface area (Å²) in [5.74, 6) is 0.677. The second-order valence-corrected chi connectivity index (χ2v) is 3.73. The number of hydrogen-bond donors (Lipinski definition) is 2. The van der Waals surface area contributed by atoms with E-state index in [1.165, 1.54) is 0 Å². The molecule has 0 aliphatic carbocycles. The highest BCUT2D eigenvalue weighted by atomic mass is 35.5. The summed E-state index contributed by atoms with van der Waals surface area (Å²) in [5, 5.41) is 7.56. The van der Waals surface area contributed by atoms with Crippen molar-refractivity contribution in [1.29, 1.82) is 0 Å². The van der Waals surface area contributed by atoms with Crippen LogP contribution in [0.2, 0.25) is 5.02 Å². The zero-order chi connectivity index (χ0) is 11.4. The third-order valence-corrected chi connectivity index (χ3v) is 2.35. The molecule has 0 fully saturated rings. The topological polar surface area (TPSA) is 64.1 Å². The molecule has 1 aromatic heterocycles. The molecule has 0 spiro atoms. The maximum Gasteiger partial charge on any atom is 0.189 e. The summed E-state index contributed by atoms with van der Waals surface area (Å²) < 4.78 is 5.19. The SMILES string of the molecule is NCCNc1cnoc1-c1cccc(Cl)c1.